The van der Waals surface area contributed by atoms with Gasteiger partial charge in [-0.1, -0.05) is 6.08 Å². The zero-order valence-corrected chi connectivity index (χ0v) is 26.8. The molecule has 0 saturated carbocycles. The molecule has 0 aromatic heterocycles. The van der Waals surface area contributed by atoms with Crippen LogP contribution in [0.1, 0.15) is 54.9 Å². The first-order chi connectivity index (χ1) is 21.5. The SMILES string of the molecule is C=CC[C@@H]1O[C@H](COC(C)=O)[C@@H](O[C@@H]2O[C@H](COC(C)=O)[C@@H](OC(C)=O)[C@H](OC(C)=O)[C@H]2NC(C)=O)[C@H](OC(C)=O)[C@H]1NC(C)=O. The van der Waals surface area contributed by atoms with Crippen LogP contribution in [0.4, 0.5) is 0 Å². The van der Waals surface area contributed by atoms with E-state index in [1.54, 1.807) is 0 Å². The van der Waals surface area contributed by atoms with Crippen molar-refractivity contribution in [1.29, 1.82) is 0 Å². The molecule has 2 N–H and O–H groups in total. The number of carbonyl (C=O) groups excluding carboxylic acids is 7. The van der Waals surface area contributed by atoms with E-state index in [4.69, 9.17) is 37.9 Å². The highest BCUT2D eigenvalue weighted by molar-refractivity contribution is 5.74. The molecular weight excluding hydrogens is 616 g/mol. The fourth-order valence-electron chi connectivity index (χ4n) is 5.18. The van der Waals surface area contributed by atoms with E-state index in [1.165, 1.54) is 19.9 Å². The van der Waals surface area contributed by atoms with Crippen LogP contribution >= 0.6 is 0 Å². The highest BCUT2D eigenvalue weighted by Gasteiger charge is 2.55. The fourth-order valence-corrected chi connectivity index (χ4v) is 5.18. The second-order valence-corrected chi connectivity index (χ2v) is 10.7. The number of carbonyl (C=O) groups is 7. The maximum Gasteiger partial charge on any atom is 0.303 e. The number of rotatable bonds is 13. The van der Waals surface area contributed by atoms with E-state index in [0.29, 0.717) is 0 Å². The molecule has 0 aromatic rings. The third-order valence-corrected chi connectivity index (χ3v) is 6.68. The molecule has 0 unspecified atom stereocenters. The molecule has 2 fully saturated rings. The van der Waals surface area contributed by atoms with E-state index in [1.807, 2.05) is 0 Å². The minimum absolute atomic E-state index is 0.170. The number of amides is 2. The van der Waals surface area contributed by atoms with Crippen LogP contribution in [0.2, 0.25) is 0 Å². The fraction of sp³-hybridized carbons (Fsp3) is 0.690. The van der Waals surface area contributed by atoms with Crippen molar-refractivity contribution in [2.75, 3.05) is 13.2 Å². The summed E-state index contributed by atoms with van der Waals surface area (Å²) in [6.07, 6.45) is -8.73. The van der Waals surface area contributed by atoms with Gasteiger partial charge in [0.25, 0.3) is 0 Å². The summed E-state index contributed by atoms with van der Waals surface area (Å²) in [5, 5.41) is 5.28. The summed E-state index contributed by atoms with van der Waals surface area (Å²) in [4.78, 5) is 84.8. The lowest BCUT2D eigenvalue weighted by Gasteiger charge is -2.49. The van der Waals surface area contributed by atoms with Gasteiger partial charge in [-0.3, -0.25) is 33.6 Å². The molecular formula is C29H42N2O15. The van der Waals surface area contributed by atoms with E-state index in [9.17, 15) is 33.6 Å². The molecule has 2 rings (SSSR count). The normalized spacial score (nSPS) is 30.5. The summed E-state index contributed by atoms with van der Waals surface area (Å²) in [6, 6.07) is -2.40. The third-order valence-electron chi connectivity index (χ3n) is 6.68. The van der Waals surface area contributed by atoms with Crippen LogP contribution in [0.25, 0.3) is 0 Å². The van der Waals surface area contributed by atoms with E-state index < -0.39 is 116 Å². The average molecular weight is 659 g/mol. The molecule has 0 aromatic carbocycles. The summed E-state index contributed by atoms with van der Waals surface area (Å²) in [6.45, 7) is 10.8. The molecule has 258 valence electrons. The first-order valence-electron chi connectivity index (χ1n) is 14.4. The van der Waals surface area contributed by atoms with Gasteiger partial charge in [0.05, 0.1) is 12.1 Å². The Bertz CT molecular complexity index is 1160. The zero-order valence-electron chi connectivity index (χ0n) is 26.8. The van der Waals surface area contributed by atoms with Gasteiger partial charge >= 0.3 is 29.8 Å². The lowest BCUT2D eigenvalue weighted by molar-refractivity contribution is -0.317. The zero-order chi connectivity index (χ0) is 34.7. The second kappa shape index (κ2) is 17.6. The smallest absolute Gasteiger partial charge is 0.303 e. The van der Waals surface area contributed by atoms with Gasteiger partial charge in [0, 0.05) is 48.5 Å². The molecule has 0 aliphatic carbocycles. The summed E-state index contributed by atoms with van der Waals surface area (Å²) >= 11 is 0. The Labute approximate surface area is 265 Å². The van der Waals surface area contributed by atoms with Crippen molar-refractivity contribution in [3.05, 3.63) is 12.7 Å². The minimum Gasteiger partial charge on any atom is -0.463 e. The molecule has 0 spiro atoms. The van der Waals surface area contributed by atoms with Crippen molar-refractivity contribution < 1.29 is 71.5 Å². The molecule has 17 nitrogen and oxygen atoms in total. The average Bonchev–Trinajstić information content (AvgIpc) is 2.91. The monoisotopic (exact) mass is 658 g/mol. The molecule has 10 atom stereocenters. The van der Waals surface area contributed by atoms with Crippen molar-refractivity contribution in [3.8, 4) is 0 Å². The van der Waals surface area contributed by atoms with Crippen LogP contribution in [0.3, 0.4) is 0 Å². The molecule has 2 aliphatic rings. The Kier molecular flexibility index (Phi) is 14.5. The molecule has 0 radical (unpaired) electrons. The highest BCUT2D eigenvalue weighted by atomic mass is 16.7. The number of ether oxygens (including phenoxy) is 8. The van der Waals surface area contributed by atoms with Crippen LogP contribution in [0, 0.1) is 0 Å². The Morgan fingerprint density at radius 1 is 0.587 bits per heavy atom. The molecule has 2 heterocycles. The highest BCUT2D eigenvalue weighted by Crippen LogP contribution is 2.34. The van der Waals surface area contributed by atoms with Crippen LogP contribution in [-0.2, 0) is 71.5 Å². The largest absolute Gasteiger partial charge is 0.463 e. The van der Waals surface area contributed by atoms with Crippen LogP contribution in [0.5, 0.6) is 0 Å². The maximum absolute atomic E-state index is 12.4. The van der Waals surface area contributed by atoms with E-state index in [0.717, 1.165) is 34.6 Å². The number of hydrogen-bond acceptors (Lipinski definition) is 15. The Balaban J connectivity index is 2.71. The second-order valence-electron chi connectivity index (χ2n) is 10.7. The first kappa shape index (κ1) is 38.1. The van der Waals surface area contributed by atoms with Gasteiger partial charge in [0.2, 0.25) is 11.8 Å². The minimum atomic E-state index is -1.60. The first-order valence-corrected chi connectivity index (χ1v) is 14.4. The Hall–Kier alpha value is -4.09. The van der Waals surface area contributed by atoms with Crippen molar-refractivity contribution in [3.63, 3.8) is 0 Å². The molecule has 2 saturated heterocycles. The maximum atomic E-state index is 12.4. The molecule has 46 heavy (non-hydrogen) atoms. The summed E-state index contributed by atoms with van der Waals surface area (Å²) in [5.41, 5.74) is 0. The van der Waals surface area contributed by atoms with Crippen LogP contribution < -0.4 is 10.6 Å². The van der Waals surface area contributed by atoms with Gasteiger partial charge < -0.3 is 48.5 Å². The number of nitrogens with one attached hydrogen (secondary N) is 2. The lowest BCUT2D eigenvalue weighted by atomic mass is 9.90. The van der Waals surface area contributed by atoms with Gasteiger partial charge in [-0.05, 0) is 6.42 Å². The van der Waals surface area contributed by atoms with Gasteiger partial charge in [0.15, 0.2) is 24.6 Å². The van der Waals surface area contributed by atoms with Gasteiger partial charge in [-0.25, -0.2) is 0 Å². The number of hydrogen-bond donors (Lipinski definition) is 2. The quantitative estimate of drug-likeness (QED) is 0.143. The number of esters is 5. The molecule has 2 amide bonds. The Morgan fingerprint density at radius 2 is 1.02 bits per heavy atom. The van der Waals surface area contributed by atoms with E-state index >= 15 is 0 Å². The van der Waals surface area contributed by atoms with Crippen molar-refractivity contribution >= 4 is 41.7 Å². The topological polar surface area (TPSA) is 217 Å². The van der Waals surface area contributed by atoms with Crippen LogP contribution in [-0.4, -0.2) is 116 Å². The van der Waals surface area contributed by atoms with Crippen molar-refractivity contribution in [2.45, 2.75) is 116 Å². The van der Waals surface area contributed by atoms with Gasteiger partial charge in [-0.15, -0.1) is 6.58 Å². The van der Waals surface area contributed by atoms with Crippen LogP contribution in [0.15, 0.2) is 12.7 Å². The van der Waals surface area contributed by atoms with Gasteiger partial charge in [-0.2, -0.15) is 0 Å². The standard InChI is InChI=1S/C29H42N2O15/c1-9-10-20-23(30-13(2)32)27(42-18(7)37)26(21(44-20)11-39-15(4)34)46-29-24(31-14(3)33)28(43-19(8)38)25(41-17(6)36)22(45-29)12-40-16(5)35/h9,20-29H,1,10-12H2,2-8H3,(H,30,32)(H,31,33)/t20-,21+,22+,23-,24+,25+,26+,27+,28+,29-/m0/s1. The molecule has 2 aliphatic heterocycles. The molecule has 17 heteroatoms. The molecule has 0 bridgehead atoms. The lowest BCUT2D eigenvalue weighted by Crippen LogP contribution is -2.70. The summed E-state index contributed by atoms with van der Waals surface area (Å²) in [7, 11) is 0. The van der Waals surface area contributed by atoms with Crippen molar-refractivity contribution in [1.82, 2.24) is 10.6 Å². The summed E-state index contributed by atoms with van der Waals surface area (Å²) in [5.74, 6) is -4.89. The predicted molar refractivity (Wildman–Crippen MR) is 152 cm³/mol. The predicted octanol–water partition coefficient (Wildman–Crippen LogP) is -0.629. The van der Waals surface area contributed by atoms with Gasteiger partial charge in [0.1, 0.15) is 37.6 Å². The van der Waals surface area contributed by atoms with E-state index in [-0.39, 0.29) is 6.42 Å². The third kappa shape index (κ3) is 11.4. The van der Waals surface area contributed by atoms with E-state index in [2.05, 4.69) is 17.2 Å². The van der Waals surface area contributed by atoms with Crippen molar-refractivity contribution in [2.24, 2.45) is 0 Å². The summed E-state index contributed by atoms with van der Waals surface area (Å²) < 4.78 is 45.6. The Morgan fingerprint density at radius 3 is 1.46 bits per heavy atom.